The Labute approximate surface area is 214 Å². The van der Waals surface area contributed by atoms with Crippen LogP contribution in [-0.2, 0) is 9.53 Å². The number of aromatic nitrogens is 1. The number of esters is 1. The maximum absolute atomic E-state index is 13.7. The van der Waals surface area contributed by atoms with Gasteiger partial charge in [-0.05, 0) is 55.3 Å². The van der Waals surface area contributed by atoms with E-state index in [-0.39, 0.29) is 29.2 Å². The summed E-state index contributed by atoms with van der Waals surface area (Å²) in [4.78, 5) is 31.5. The maximum atomic E-state index is 13.7. The van der Waals surface area contributed by atoms with Crippen LogP contribution in [0.2, 0.25) is 0 Å². The summed E-state index contributed by atoms with van der Waals surface area (Å²) in [5.41, 5.74) is 1.56. The number of alkyl halides is 2. The van der Waals surface area contributed by atoms with E-state index in [1.165, 1.54) is 29.9 Å². The standard InChI is InChI=1S/C26H24F2N2O6S/c1-5-35-24(32)21-14(2)29-26-30(22(21)16-7-9-17(33-3)10-8-16)23(31)20(37-26)13-15-6-11-18(36-25(27)28)19(12-15)34-4/h6-13,22,25H,5H2,1-4H3/b20-13+/t22-/m0/s1. The van der Waals surface area contributed by atoms with E-state index < -0.39 is 18.6 Å². The molecule has 1 aliphatic heterocycles. The van der Waals surface area contributed by atoms with Gasteiger partial charge in [0.25, 0.3) is 5.56 Å². The highest BCUT2D eigenvalue weighted by Crippen LogP contribution is 2.32. The first kappa shape index (κ1) is 26.1. The van der Waals surface area contributed by atoms with Gasteiger partial charge in [-0.2, -0.15) is 8.78 Å². The molecule has 0 N–H and O–H groups in total. The van der Waals surface area contributed by atoms with Crippen LogP contribution in [0.5, 0.6) is 17.2 Å². The van der Waals surface area contributed by atoms with Gasteiger partial charge in [0.2, 0.25) is 0 Å². The Morgan fingerprint density at radius 1 is 1.14 bits per heavy atom. The lowest BCUT2D eigenvalue weighted by Gasteiger charge is -2.24. The molecule has 2 heterocycles. The molecule has 0 saturated carbocycles. The van der Waals surface area contributed by atoms with Crippen LogP contribution in [-0.4, -0.2) is 38.0 Å². The highest BCUT2D eigenvalue weighted by molar-refractivity contribution is 7.07. The van der Waals surface area contributed by atoms with Gasteiger partial charge < -0.3 is 18.9 Å². The van der Waals surface area contributed by atoms with Crippen molar-refractivity contribution in [1.82, 2.24) is 4.57 Å². The zero-order chi connectivity index (χ0) is 26.7. The first-order valence-corrected chi connectivity index (χ1v) is 12.1. The smallest absolute Gasteiger partial charge is 0.387 e. The molecule has 0 bridgehead atoms. The number of ether oxygens (including phenoxy) is 4. The fourth-order valence-electron chi connectivity index (χ4n) is 4.01. The molecule has 0 amide bonds. The molecule has 0 aliphatic carbocycles. The first-order chi connectivity index (χ1) is 17.8. The third kappa shape index (κ3) is 5.26. The number of rotatable bonds is 8. The molecule has 1 atom stereocenters. The minimum absolute atomic E-state index is 0.0957. The number of halogens is 2. The fourth-order valence-corrected chi connectivity index (χ4v) is 5.06. The summed E-state index contributed by atoms with van der Waals surface area (Å²) in [6.07, 6.45) is 1.60. The quantitative estimate of drug-likeness (QED) is 0.415. The molecule has 0 spiro atoms. The third-order valence-corrected chi connectivity index (χ3v) is 6.63. The van der Waals surface area contributed by atoms with Crippen LogP contribution in [0, 0.1) is 0 Å². The lowest BCUT2D eigenvalue weighted by atomic mass is 9.96. The van der Waals surface area contributed by atoms with Gasteiger partial charge in [0.15, 0.2) is 16.3 Å². The van der Waals surface area contributed by atoms with Crippen LogP contribution in [0.3, 0.4) is 0 Å². The number of carbonyl (C=O) groups is 1. The number of allylic oxidation sites excluding steroid dienone is 1. The van der Waals surface area contributed by atoms with E-state index in [2.05, 4.69) is 9.73 Å². The van der Waals surface area contributed by atoms with E-state index in [9.17, 15) is 18.4 Å². The molecule has 2 aromatic carbocycles. The lowest BCUT2D eigenvalue weighted by Crippen LogP contribution is -2.39. The number of carbonyl (C=O) groups excluding carboxylic acids is 1. The van der Waals surface area contributed by atoms with Crippen molar-refractivity contribution in [2.75, 3.05) is 20.8 Å². The van der Waals surface area contributed by atoms with Crippen LogP contribution in [0.15, 0.2) is 63.5 Å². The van der Waals surface area contributed by atoms with Gasteiger partial charge in [0.1, 0.15) is 5.75 Å². The summed E-state index contributed by atoms with van der Waals surface area (Å²) in [6.45, 7) is 0.574. The number of fused-ring (bicyclic) bond motifs is 1. The molecule has 0 radical (unpaired) electrons. The average Bonchev–Trinajstić information content (AvgIpc) is 3.18. The minimum atomic E-state index is -3.00. The topological polar surface area (TPSA) is 88.4 Å². The van der Waals surface area contributed by atoms with Crippen LogP contribution in [0.1, 0.15) is 31.0 Å². The van der Waals surface area contributed by atoms with Crippen LogP contribution in [0.4, 0.5) is 8.78 Å². The largest absolute Gasteiger partial charge is 0.497 e. The first-order valence-electron chi connectivity index (χ1n) is 11.2. The monoisotopic (exact) mass is 530 g/mol. The van der Waals surface area contributed by atoms with Crippen LogP contribution < -0.4 is 29.1 Å². The van der Waals surface area contributed by atoms with Crippen molar-refractivity contribution in [1.29, 1.82) is 0 Å². The van der Waals surface area contributed by atoms with Crippen molar-refractivity contribution >= 4 is 23.4 Å². The van der Waals surface area contributed by atoms with Gasteiger partial charge in [-0.1, -0.05) is 29.5 Å². The number of hydrogen-bond donors (Lipinski definition) is 0. The molecule has 4 rings (SSSR count). The Hall–Kier alpha value is -3.99. The predicted octanol–water partition coefficient (Wildman–Crippen LogP) is 3.42. The Morgan fingerprint density at radius 3 is 2.49 bits per heavy atom. The number of methoxy groups -OCH3 is 2. The van der Waals surface area contributed by atoms with E-state index in [1.54, 1.807) is 51.3 Å². The molecule has 1 aliphatic rings. The molecule has 8 nitrogen and oxygen atoms in total. The highest BCUT2D eigenvalue weighted by Gasteiger charge is 2.33. The van der Waals surface area contributed by atoms with E-state index in [4.69, 9.17) is 14.2 Å². The highest BCUT2D eigenvalue weighted by atomic mass is 32.1. The fraction of sp³-hybridized carbons (Fsp3) is 0.269. The minimum Gasteiger partial charge on any atom is -0.497 e. The van der Waals surface area contributed by atoms with Crippen LogP contribution >= 0.6 is 11.3 Å². The number of hydrogen-bond acceptors (Lipinski definition) is 8. The van der Waals surface area contributed by atoms with Crippen molar-refractivity contribution in [2.24, 2.45) is 4.99 Å². The number of benzene rings is 2. The van der Waals surface area contributed by atoms with Gasteiger partial charge in [0.05, 0.1) is 42.7 Å². The molecule has 0 fully saturated rings. The van der Waals surface area contributed by atoms with Crippen molar-refractivity contribution in [3.05, 3.63) is 84.5 Å². The summed E-state index contributed by atoms with van der Waals surface area (Å²) in [7, 11) is 2.88. The number of nitrogens with zero attached hydrogens (tertiary/aromatic N) is 2. The Bertz CT molecular complexity index is 1530. The van der Waals surface area contributed by atoms with Crippen molar-refractivity contribution < 1.29 is 32.5 Å². The van der Waals surface area contributed by atoms with Crippen LogP contribution in [0.25, 0.3) is 6.08 Å². The Kier molecular flexibility index (Phi) is 7.72. The summed E-state index contributed by atoms with van der Waals surface area (Å²) in [5, 5.41) is 0. The summed E-state index contributed by atoms with van der Waals surface area (Å²) in [5.74, 6) is 0.0460. The Morgan fingerprint density at radius 2 is 1.86 bits per heavy atom. The Balaban J connectivity index is 1.87. The van der Waals surface area contributed by atoms with Gasteiger partial charge in [-0.3, -0.25) is 9.36 Å². The van der Waals surface area contributed by atoms with E-state index in [0.29, 0.717) is 31.9 Å². The second kappa shape index (κ2) is 11.0. The second-order valence-corrected chi connectivity index (χ2v) is 8.87. The molecular weight excluding hydrogens is 506 g/mol. The molecule has 0 saturated heterocycles. The summed E-state index contributed by atoms with van der Waals surface area (Å²) in [6, 6.07) is 10.7. The molecule has 1 aromatic heterocycles. The van der Waals surface area contributed by atoms with Gasteiger partial charge in [-0.25, -0.2) is 9.79 Å². The van der Waals surface area contributed by atoms with E-state index in [1.807, 2.05) is 0 Å². The third-order valence-electron chi connectivity index (χ3n) is 5.65. The maximum Gasteiger partial charge on any atom is 0.387 e. The van der Waals surface area contributed by atoms with Crippen molar-refractivity contribution in [3.63, 3.8) is 0 Å². The SMILES string of the molecule is CCOC(=O)C1=C(C)N=c2s/c(=C/c3ccc(OC(F)F)c(OC)c3)c(=O)n2[C@H]1c1ccc(OC)cc1. The zero-order valence-corrected chi connectivity index (χ0v) is 21.3. The van der Waals surface area contributed by atoms with Gasteiger partial charge in [0, 0.05) is 0 Å². The molecule has 37 heavy (non-hydrogen) atoms. The molecule has 11 heteroatoms. The molecular formula is C26H24F2N2O6S. The lowest BCUT2D eigenvalue weighted by molar-refractivity contribution is -0.139. The van der Waals surface area contributed by atoms with Crippen molar-refractivity contribution in [3.8, 4) is 17.2 Å². The number of thiazole rings is 1. The summed E-state index contributed by atoms with van der Waals surface area (Å²) < 4.78 is 47.3. The van der Waals surface area contributed by atoms with Gasteiger partial charge >= 0.3 is 12.6 Å². The molecule has 3 aromatic rings. The molecule has 194 valence electrons. The summed E-state index contributed by atoms with van der Waals surface area (Å²) >= 11 is 1.15. The predicted molar refractivity (Wildman–Crippen MR) is 133 cm³/mol. The average molecular weight is 531 g/mol. The normalized spacial score (nSPS) is 15.3. The molecule has 0 unspecified atom stereocenters. The van der Waals surface area contributed by atoms with E-state index in [0.717, 1.165) is 11.3 Å². The second-order valence-electron chi connectivity index (χ2n) is 7.86. The zero-order valence-electron chi connectivity index (χ0n) is 20.5. The van der Waals surface area contributed by atoms with E-state index >= 15 is 0 Å². The van der Waals surface area contributed by atoms with Gasteiger partial charge in [-0.15, -0.1) is 0 Å². The van der Waals surface area contributed by atoms with Crippen molar-refractivity contribution in [2.45, 2.75) is 26.5 Å².